The quantitative estimate of drug-likeness (QED) is 0.739. The standard InChI is InChI=1S/C16H24N2S/c1-4-9-17-15(12(2)3)11-19-16-10-13-7-5-6-8-14(13)18-16/h5-8,10,12,15,17-18H,4,9,11H2,1-3H3. The Bertz CT molecular complexity index is 471. The summed E-state index contributed by atoms with van der Waals surface area (Å²) < 4.78 is 0. The van der Waals surface area contributed by atoms with Crippen LogP contribution >= 0.6 is 11.8 Å². The average Bonchev–Trinajstić information content (AvgIpc) is 2.81. The molecule has 2 nitrogen and oxygen atoms in total. The van der Waals surface area contributed by atoms with Crippen LogP contribution in [-0.2, 0) is 0 Å². The number of aromatic nitrogens is 1. The highest BCUT2D eigenvalue weighted by Crippen LogP contribution is 2.24. The van der Waals surface area contributed by atoms with Gasteiger partial charge in [0, 0.05) is 22.7 Å². The average molecular weight is 276 g/mol. The molecule has 104 valence electrons. The molecule has 2 aromatic rings. The van der Waals surface area contributed by atoms with Crippen molar-refractivity contribution in [3.05, 3.63) is 30.3 Å². The van der Waals surface area contributed by atoms with E-state index < -0.39 is 0 Å². The van der Waals surface area contributed by atoms with E-state index in [9.17, 15) is 0 Å². The number of hydrogen-bond acceptors (Lipinski definition) is 2. The van der Waals surface area contributed by atoms with Crippen LogP contribution in [-0.4, -0.2) is 23.3 Å². The third-order valence-electron chi connectivity index (χ3n) is 3.38. The van der Waals surface area contributed by atoms with Gasteiger partial charge in [-0.1, -0.05) is 39.0 Å². The van der Waals surface area contributed by atoms with Gasteiger partial charge in [-0.2, -0.15) is 0 Å². The SMILES string of the molecule is CCCNC(CSc1cc2ccccc2[nH]1)C(C)C. The minimum Gasteiger partial charge on any atom is -0.350 e. The molecule has 3 heteroatoms. The van der Waals surface area contributed by atoms with Crippen molar-refractivity contribution in [2.75, 3.05) is 12.3 Å². The summed E-state index contributed by atoms with van der Waals surface area (Å²) >= 11 is 1.91. The molecule has 0 aliphatic heterocycles. The van der Waals surface area contributed by atoms with Gasteiger partial charge in [0.1, 0.15) is 0 Å². The molecule has 2 N–H and O–H groups in total. The van der Waals surface area contributed by atoms with Crippen molar-refractivity contribution in [2.24, 2.45) is 5.92 Å². The lowest BCUT2D eigenvalue weighted by Crippen LogP contribution is -2.36. The first-order chi connectivity index (χ1) is 9.20. The van der Waals surface area contributed by atoms with Crippen molar-refractivity contribution in [3.63, 3.8) is 0 Å². The zero-order chi connectivity index (χ0) is 13.7. The van der Waals surface area contributed by atoms with E-state index in [0.717, 1.165) is 12.3 Å². The van der Waals surface area contributed by atoms with E-state index in [1.54, 1.807) is 0 Å². The maximum Gasteiger partial charge on any atom is 0.0733 e. The first-order valence-electron chi connectivity index (χ1n) is 7.14. The third-order valence-corrected chi connectivity index (χ3v) is 4.44. The normalized spacial score (nSPS) is 13.3. The molecule has 1 unspecified atom stereocenters. The smallest absolute Gasteiger partial charge is 0.0733 e. The molecule has 0 aliphatic rings. The summed E-state index contributed by atoms with van der Waals surface area (Å²) in [4.78, 5) is 3.48. The van der Waals surface area contributed by atoms with Crippen molar-refractivity contribution >= 4 is 22.7 Å². The number of benzene rings is 1. The zero-order valence-corrected chi connectivity index (χ0v) is 12.9. The molecule has 0 fully saturated rings. The molecule has 1 aromatic heterocycles. The zero-order valence-electron chi connectivity index (χ0n) is 12.1. The van der Waals surface area contributed by atoms with Crippen LogP contribution in [0.15, 0.2) is 35.4 Å². The molecule has 0 radical (unpaired) electrons. The highest BCUT2D eigenvalue weighted by molar-refractivity contribution is 7.99. The molecular formula is C16H24N2S. The van der Waals surface area contributed by atoms with Gasteiger partial charge in [-0.05, 0) is 31.0 Å². The van der Waals surface area contributed by atoms with E-state index in [4.69, 9.17) is 0 Å². The van der Waals surface area contributed by atoms with Gasteiger partial charge in [0.25, 0.3) is 0 Å². The Hall–Kier alpha value is -0.930. The molecular weight excluding hydrogens is 252 g/mol. The van der Waals surface area contributed by atoms with Crippen LogP contribution in [0.5, 0.6) is 0 Å². The van der Waals surface area contributed by atoms with Crippen LogP contribution in [0.3, 0.4) is 0 Å². The summed E-state index contributed by atoms with van der Waals surface area (Å²) in [6.07, 6.45) is 1.19. The Kier molecular flexibility index (Phi) is 5.34. The number of hydrogen-bond donors (Lipinski definition) is 2. The maximum absolute atomic E-state index is 3.64. The molecule has 19 heavy (non-hydrogen) atoms. The van der Waals surface area contributed by atoms with Gasteiger partial charge in [-0.3, -0.25) is 0 Å². The second-order valence-corrected chi connectivity index (χ2v) is 6.40. The molecule has 0 spiro atoms. The fourth-order valence-corrected chi connectivity index (χ4v) is 3.38. The minimum absolute atomic E-state index is 0.580. The van der Waals surface area contributed by atoms with Crippen LogP contribution in [0.4, 0.5) is 0 Å². The van der Waals surface area contributed by atoms with Crippen molar-refractivity contribution < 1.29 is 0 Å². The summed E-state index contributed by atoms with van der Waals surface area (Å²) in [5.41, 5.74) is 1.23. The summed E-state index contributed by atoms with van der Waals surface area (Å²) in [6, 6.07) is 11.3. The Morgan fingerprint density at radius 3 is 2.74 bits per heavy atom. The van der Waals surface area contributed by atoms with Gasteiger partial charge in [0.2, 0.25) is 0 Å². The lowest BCUT2D eigenvalue weighted by Gasteiger charge is -2.21. The first-order valence-corrected chi connectivity index (χ1v) is 8.13. The van der Waals surface area contributed by atoms with Crippen LogP contribution < -0.4 is 5.32 Å². The van der Waals surface area contributed by atoms with E-state index in [2.05, 4.69) is 61.4 Å². The second kappa shape index (κ2) is 7.01. The monoisotopic (exact) mass is 276 g/mol. The van der Waals surface area contributed by atoms with Crippen LogP contribution in [0.1, 0.15) is 27.2 Å². The topological polar surface area (TPSA) is 27.8 Å². The molecule has 0 bridgehead atoms. The van der Waals surface area contributed by atoms with E-state index >= 15 is 0 Å². The molecule has 0 saturated carbocycles. The predicted molar refractivity (Wildman–Crippen MR) is 85.9 cm³/mol. The van der Waals surface area contributed by atoms with Gasteiger partial charge < -0.3 is 10.3 Å². The van der Waals surface area contributed by atoms with Gasteiger partial charge in [-0.15, -0.1) is 11.8 Å². The molecule has 0 amide bonds. The fraction of sp³-hybridized carbons (Fsp3) is 0.500. The summed E-state index contributed by atoms with van der Waals surface area (Å²) in [7, 11) is 0. The highest BCUT2D eigenvalue weighted by Gasteiger charge is 2.13. The highest BCUT2D eigenvalue weighted by atomic mass is 32.2. The van der Waals surface area contributed by atoms with Crippen molar-refractivity contribution in [3.8, 4) is 0 Å². The molecule has 2 rings (SSSR count). The molecule has 1 atom stereocenters. The number of rotatable bonds is 7. The molecule has 0 saturated heterocycles. The van der Waals surface area contributed by atoms with Gasteiger partial charge in [-0.25, -0.2) is 0 Å². The number of aromatic amines is 1. The Morgan fingerprint density at radius 2 is 2.05 bits per heavy atom. The van der Waals surface area contributed by atoms with Gasteiger partial charge >= 0.3 is 0 Å². The lowest BCUT2D eigenvalue weighted by atomic mass is 10.1. The van der Waals surface area contributed by atoms with Crippen LogP contribution in [0.2, 0.25) is 0 Å². The molecule has 1 aromatic carbocycles. The largest absolute Gasteiger partial charge is 0.350 e. The van der Waals surface area contributed by atoms with Gasteiger partial charge in [0.15, 0.2) is 0 Å². The number of thioether (sulfide) groups is 1. The Balaban J connectivity index is 1.96. The predicted octanol–water partition coefficient (Wildman–Crippen LogP) is 4.28. The fourth-order valence-electron chi connectivity index (χ4n) is 2.12. The van der Waals surface area contributed by atoms with Crippen molar-refractivity contribution in [1.29, 1.82) is 0 Å². The van der Waals surface area contributed by atoms with Crippen molar-refractivity contribution in [1.82, 2.24) is 10.3 Å². The summed E-state index contributed by atoms with van der Waals surface area (Å²) in [5, 5.41) is 6.21. The third kappa shape index (κ3) is 4.02. The molecule has 1 heterocycles. The lowest BCUT2D eigenvalue weighted by molar-refractivity contribution is 0.434. The van der Waals surface area contributed by atoms with Crippen LogP contribution in [0, 0.1) is 5.92 Å². The van der Waals surface area contributed by atoms with Gasteiger partial charge in [0.05, 0.1) is 5.03 Å². The van der Waals surface area contributed by atoms with E-state index in [-0.39, 0.29) is 0 Å². The summed E-state index contributed by atoms with van der Waals surface area (Å²) in [5.74, 6) is 1.79. The Morgan fingerprint density at radius 1 is 1.26 bits per heavy atom. The summed E-state index contributed by atoms with van der Waals surface area (Å²) in [6.45, 7) is 7.91. The van der Waals surface area contributed by atoms with E-state index in [1.165, 1.54) is 22.3 Å². The maximum atomic E-state index is 3.64. The molecule has 0 aliphatic carbocycles. The first kappa shape index (κ1) is 14.5. The van der Waals surface area contributed by atoms with Crippen molar-refractivity contribution in [2.45, 2.75) is 38.3 Å². The minimum atomic E-state index is 0.580. The van der Waals surface area contributed by atoms with E-state index in [0.29, 0.717) is 12.0 Å². The number of H-pyrrole nitrogens is 1. The Labute approximate surface area is 120 Å². The van der Waals surface area contributed by atoms with E-state index in [1.807, 2.05) is 11.8 Å². The number of fused-ring (bicyclic) bond motifs is 1. The number of para-hydroxylation sites is 1. The van der Waals surface area contributed by atoms with Crippen LogP contribution in [0.25, 0.3) is 10.9 Å². The second-order valence-electron chi connectivity index (χ2n) is 5.34. The number of nitrogens with one attached hydrogen (secondary N) is 2.